The van der Waals surface area contributed by atoms with E-state index in [4.69, 9.17) is 14.5 Å². The molecule has 0 aliphatic carbocycles. The van der Waals surface area contributed by atoms with E-state index < -0.39 is 0 Å². The summed E-state index contributed by atoms with van der Waals surface area (Å²) in [4.78, 5) is 16.4. The summed E-state index contributed by atoms with van der Waals surface area (Å²) in [6.45, 7) is 10.4. The fourth-order valence-corrected chi connectivity index (χ4v) is 3.32. The molecule has 0 aliphatic rings. The number of aromatic nitrogens is 4. The maximum absolute atomic E-state index is 11.6. The molecule has 0 spiro atoms. The minimum Gasteiger partial charge on any atom is -0.491 e. The highest BCUT2D eigenvalue weighted by atomic mass is 16.5. The van der Waals surface area contributed by atoms with E-state index in [-0.39, 0.29) is 18.2 Å². The van der Waals surface area contributed by atoms with E-state index in [1.807, 2.05) is 57.2 Å². The molecule has 0 saturated carbocycles. The van der Waals surface area contributed by atoms with Gasteiger partial charge in [0.15, 0.2) is 5.82 Å². The quantitative estimate of drug-likeness (QED) is 0.391. The fourth-order valence-electron chi connectivity index (χ4n) is 3.32. The number of rotatable bonds is 10. The van der Waals surface area contributed by atoms with Gasteiger partial charge >= 0.3 is 5.97 Å². The number of fused-ring (bicyclic) bond motifs is 3. The van der Waals surface area contributed by atoms with Crippen LogP contribution in [0.4, 0.5) is 5.82 Å². The van der Waals surface area contributed by atoms with Gasteiger partial charge in [0.05, 0.1) is 23.2 Å². The lowest BCUT2D eigenvalue weighted by Gasteiger charge is -2.13. The summed E-state index contributed by atoms with van der Waals surface area (Å²) in [6, 6.07) is 5.88. The van der Waals surface area contributed by atoms with Crippen molar-refractivity contribution in [1.29, 1.82) is 0 Å². The van der Waals surface area contributed by atoms with Gasteiger partial charge in [-0.3, -0.25) is 9.20 Å². The van der Waals surface area contributed by atoms with Crippen LogP contribution in [0.2, 0.25) is 0 Å². The van der Waals surface area contributed by atoms with Crippen LogP contribution in [0.25, 0.3) is 16.7 Å². The second-order valence-electron chi connectivity index (χ2n) is 7.96. The molecule has 0 fully saturated rings. The topological polar surface area (TPSA) is 90.6 Å². The highest BCUT2D eigenvalue weighted by Gasteiger charge is 2.14. The first-order valence-corrected chi connectivity index (χ1v) is 10.6. The Balaban J connectivity index is 1.68. The maximum atomic E-state index is 11.6. The molecule has 2 heterocycles. The first-order chi connectivity index (χ1) is 14.3. The summed E-state index contributed by atoms with van der Waals surface area (Å²) in [5.41, 5.74) is 2.47. The van der Waals surface area contributed by atoms with Crippen LogP contribution in [-0.4, -0.2) is 44.3 Å². The lowest BCUT2D eigenvalue weighted by Crippen LogP contribution is -2.11. The van der Waals surface area contributed by atoms with Crippen LogP contribution in [0.1, 0.15) is 59.2 Å². The van der Waals surface area contributed by atoms with Crippen LogP contribution >= 0.6 is 0 Å². The molecule has 3 rings (SSSR count). The molecule has 8 heteroatoms. The van der Waals surface area contributed by atoms with Crippen molar-refractivity contribution in [3.05, 3.63) is 24.0 Å². The van der Waals surface area contributed by atoms with E-state index in [2.05, 4.69) is 15.5 Å². The van der Waals surface area contributed by atoms with Gasteiger partial charge < -0.3 is 14.8 Å². The van der Waals surface area contributed by atoms with Crippen LogP contribution < -0.4 is 10.1 Å². The Morgan fingerprint density at radius 2 is 1.90 bits per heavy atom. The van der Waals surface area contributed by atoms with Gasteiger partial charge in [0.25, 0.3) is 0 Å². The van der Waals surface area contributed by atoms with E-state index in [0.29, 0.717) is 17.9 Å². The summed E-state index contributed by atoms with van der Waals surface area (Å²) in [5, 5.41) is 11.9. The molecule has 0 atom stereocenters. The molecule has 30 heavy (non-hydrogen) atoms. The van der Waals surface area contributed by atoms with Crippen molar-refractivity contribution in [3.63, 3.8) is 0 Å². The molecular formula is C22H31N5O3. The Hall–Kier alpha value is -2.90. The summed E-state index contributed by atoms with van der Waals surface area (Å²) < 4.78 is 13.0. The standard InChI is InChI=1S/C22H31N5O3/c1-14(2)29-17-10-11-19-18(13-17)24-21(22-26-25-16(5)27(19)22)23-12-8-6-7-9-20(28)30-15(3)4/h10-11,13-15H,6-9,12H2,1-5H3,(H,23,24). The number of unbranched alkanes of at least 4 members (excludes halogenated alkanes) is 2. The fraction of sp³-hybridized carbons (Fsp3) is 0.545. The van der Waals surface area contributed by atoms with Crippen molar-refractivity contribution in [2.75, 3.05) is 11.9 Å². The number of carbonyl (C=O) groups is 1. The molecule has 3 aromatic rings. The smallest absolute Gasteiger partial charge is 0.306 e. The van der Waals surface area contributed by atoms with Gasteiger partial charge in [0.2, 0.25) is 5.65 Å². The zero-order valence-corrected chi connectivity index (χ0v) is 18.4. The highest BCUT2D eigenvalue weighted by molar-refractivity contribution is 5.84. The van der Waals surface area contributed by atoms with Crippen molar-refractivity contribution < 1.29 is 14.3 Å². The van der Waals surface area contributed by atoms with Gasteiger partial charge in [0, 0.05) is 19.0 Å². The third kappa shape index (κ3) is 5.37. The number of aryl methyl sites for hydroxylation is 1. The lowest BCUT2D eigenvalue weighted by atomic mass is 10.2. The van der Waals surface area contributed by atoms with E-state index in [9.17, 15) is 4.79 Å². The Morgan fingerprint density at radius 3 is 2.63 bits per heavy atom. The predicted molar refractivity (Wildman–Crippen MR) is 117 cm³/mol. The lowest BCUT2D eigenvalue weighted by molar-refractivity contribution is -0.147. The Labute approximate surface area is 177 Å². The molecule has 2 aromatic heterocycles. The first kappa shape index (κ1) is 21.8. The zero-order chi connectivity index (χ0) is 21.7. The summed E-state index contributed by atoms with van der Waals surface area (Å²) >= 11 is 0. The Morgan fingerprint density at radius 1 is 1.10 bits per heavy atom. The number of benzene rings is 1. The number of nitrogens with one attached hydrogen (secondary N) is 1. The van der Waals surface area contributed by atoms with Crippen molar-refractivity contribution in [2.45, 2.75) is 72.5 Å². The van der Waals surface area contributed by atoms with E-state index >= 15 is 0 Å². The highest BCUT2D eigenvalue weighted by Crippen LogP contribution is 2.25. The van der Waals surface area contributed by atoms with Crippen LogP contribution in [0.3, 0.4) is 0 Å². The molecule has 8 nitrogen and oxygen atoms in total. The van der Waals surface area contributed by atoms with E-state index in [1.54, 1.807) is 0 Å². The van der Waals surface area contributed by atoms with Gasteiger partial charge in [0.1, 0.15) is 11.6 Å². The first-order valence-electron chi connectivity index (χ1n) is 10.6. The van der Waals surface area contributed by atoms with Gasteiger partial charge in [-0.05, 0) is 59.6 Å². The van der Waals surface area contributed by atoms with Crippen LogP contribution in [-0.2, 0) is 9.53 Å². The number of hydrogen-bond acceptors (Lipinski definition) is 7. The molecule has 0 saturated heterocycles. The average molecular weight is 414 g/mol. The number of anilines is 1. The van der Waals surface area contributed by atoms with Crippen molar-refractivity contribution in [2.24, 2.45) is 0 Å². The number of carbonyl (C=O) groups excluding carboxylic acids is 1. The van der Waals surface area contributed by atoms with Gasteiger partial charge in [-0.15, -0.1) is 10.2 Å². The zero-order valence-electron chi connectivity index (χ0n) is 18.4. The van der Waals surface area contributed by atoms with Gasteiger partial charge in [-0.2, -0.15) is 0 Å². The normalized spacial score (nSPS) is 11.6. The number of ether oxygens (including phenoxy) is 2. The number of hydrogen-bond donors (Lipinski definition) is 1. The Kier molecular flexibility index (Phi) is 7.07. The van der Waals surface area contributed by atoms with E-state index in [0.717, 1.165) is 48.4 Å². The molecule has 1 N–H and O–H groups in total. The predicted octanol–water partition coefficient (Wildman–Crippen LogP) is 4.30. The molecule has 0 unspecified atom stereocenters. The Bertz CT molecular complexity index is 1010. The molecule has 162 valence electrons. The summed E-state index contributed by atoms with van der Waals surface area (Å²) in [6.07, 6.45) is 3.16. The molecule has 0 aliphatic heterocycles. The van der Waals surface area contributed by atoms with Crippen molar-refractivity contribution in [1.82, 2.24) is 19.6 Å². The second kappa shape index (κ2) is 9.73. The SMILES string of the molecule is Cc1nnc2c(NCCCCCC(=O)OC(C)C)nc3cc(OC(C)C)ccc3n12. The van der Waals surface area contributed by atoms with Crippen molar-refractivity contribution >= 4 is 28.5 Å². The third-order valence-electron chi connectivity index (χ3n) is 4.55. The molecule has 0 bridgehead atoms. The van der Waals surface area contributed by atoms with Crippen LogP contribution in [0.15, 0.2) is 18.2 Å². The number of nitrogens with zero attached hydrogens (tertiary/aromatic N) is 4. The second-order valence-corrected chi connectivity index (χ2v) is 7.96. The number of esters is 1. The van der Waals surface area contributed by atoms with Crippen LogP contribution in [0, 0.1) is 6.92 Å². The average Bonchev–Trinajstić information content (AvgIpc) is 3.05. The summed E-state index contributed by atoms with van der Waals surface area (Å²) in [7, 11) is 0. The minimum atomic E-state index is -0.130. The van der Waals surface area contributed by atoms with Gasteiger partial charge in [-0.25, -0.2) is 4.98 Å². The molecular weight excluding hydrogens is 382 g/mol. The van der Waals surface area contributed by atoms with Crippen LogP contribution in [0.5, 0.6) is 5.75 Å². The summed E-state index contributed by atoms with van der Waals surface area (Å²) in [5.74, 6) is 2.16. The maximum Gasteiger partial charge on any atom is 0.306 e. The minimum absolute atomic E-state index is 0.0568. The monoisotopic (exact) mass is 413 g/mol. The van der Waals surface area contributed by atoms with E-state index in [1.165, 1.54) is 0 Å². The largest absolute Gasteiger partial charge is 0.491 e. The van der Waals surface area contributed by atoms with Crippen molar-refractivity contribution in [3.8, 4) is 5.75 Å². The van der Waals surface area contributed by atoms with Gasteiger partial charge in [-0.1, -0.05) is 6.42 Å². The molecule has 1 aromatic carbocycles. The molecule has 0 amide bonds. The molecule has 0 radical (unpaired) electrons. The third-order valence-corrected chi connectivity index (χ3v) is 4.55.